The van der Waals surface area contributed by atoms with Gasteiger partial charge < -0.3 is 15.8 Å². The van der Waals surface area contributed by atoms with E-state index in [4.69, 9.17) is 10.5 Å². The van der Waals surface area contributed by atoms with Crippen LogP contribution in [0.2, 0.25) is 0 Å². The zero-order valence-corrected chi connectivity index (χ0v) is 13.1. The van der Waals surface area contributed by atoms with Crippen LogP contribution < -0.4 is 11.1 Å². The van der Waals surface area contributed by atoms with E-state index in [0.717, 1.165) is 6.42 Å². The minimum absolute atomic E-state index is 0.0123. The van der Waals surface area contributed by atoms with Crippen LogP contribution in [0.4, 0.5) is 0 Å². The van der Waals surface area contributed by atoms with E-state index < -0.39 is 12.0 Å². The smallest absolute Gasteiger partial charge is 0.323 e. The van der Waals surface area contributed by atoms with Crippen LogP contribution in [-0.4, -0.2) is 42.1 Å². The van der Waals surface area contributed by atoms with E-state index in [1.165, 1.54) is 11.8 Å². The molecule has 0 heterocycles. The zero-order chi connectivity index (χ0) is 14.8. The van der Waals surface area contributed by atoms with Crippen LogP contribution in [0.15, 0.2) is 0 Å². The highest BCUT2D eigenvalue weighted by molar-refractivity contribution is 8.00. The van der Waals surface area contributed by atoms with Gasteiger partial charge in [0.25, 0.3) is 0 Å². The Morgan fingerprint density at radius 3 is 2.47 bits per heavy atom. The first-order valence-corrected chi connectivity index (χ1v) is 7.74. The average molecular weight is 290 g/mol. The maximum atomic E-state index is 11.7. The van der Waals surface area contributed by atoms with Gasteiger partial charge in [0.1, 0.15) is 6.04 Å². The average Bonchev–Trinajstić information content (AvgIpc) is 2.35. The van der Waals surface area contributed by atoms with Crippen molar-refractivity contribution in [2.75, 3.05) is 18.9 Å². The van der Waals surface area contributed by atoms with E-state index in [9.17, 15) is 9.59 Å². The molecule has 0 rings (SSSR count). The lowest BCUT2D eigenvalue weighted by atomic mass is 10.1. The molecule has 19 heavy (non-hydrogen) atoms. The molecule has 0 aliphatic rings. The van der Waals surface area contributed by atoms with Gasteiger partial charge in [0.05, 0.1) is 11.9 Å². The third kappa shape index (κ3) is 8.88. The first kappa shape index (κ1) is 18.2. The molecule has 6 heteroatoms. The number of carbonyl (C=O) groups is 2. The van der Waals surface area contributed by atoms with Crippen molar-refractivity contribution in [3.05, 3.63) is 0 Å². The van der Waals surface area contributed by atoms with Crippen molar-refractivity contribution in [3.63, 3.8) is 0 Å². The number of ether oxygens (including phenoxy) is 1. The fourth-order valence-electron chi connectivity index (χ4n) is 1.27. The predicted octanol–water partition coefficient (Wildman–Crippen LogP) is 1.16. The highest BCUT2D eigenvalue weighted by Gasteiger charge is 2.19. The van der Waals surface area contributed by atoms with Crippen molar-refractivity contribution in [1.82, 2.24) is 5.32 Å². The van der Waals surface area contributed by atoms with Crippen LogP contribution in [0.25, 0.3) is 0 Å². The molecule has 5 nitrogen and oxygen atoms in total. The van der Waals surface area contributed by atoms with Crippen LogP contribution in [0.3, 0.4) is 0 Å². The summed E-state index contributed by atoms with van der Waals surface area (Å²) in [4.78, 5) is 23.1. The Hall–Kier alpha value is -0.750. The Labute approximate surface area is 120 Å². The van der Waals surface area contributed by atoms with Crippen molar-refractivity contribution in [2.45, 2.75) is 45.4 Å². The Bertz CT molecular complexity index is 285. The molecule has 0 fully saturated rings. The molecular weight excluding hydrogens is 264 g/mol. The van der Waals surface area contributed by atoms with Crippen LogP contribution >= 0.6 is 11.8 Å². The molecule has 0 radical (unpaired) electrons. The van der Waals surface area contributed by atoms with Crippen molar-refractivity contribution in [1.29, 1.82) is 0 Å². The van der Waals surface area contributed by atoms with Crippen molar-refractivity contribution in [3.8, 4) is 0 Å². The monoisotopic (exact) mass is 290 g/mol. The van der Waals surface area contributed by atoms with Gasteiger partial charge in [0.15, 0.2) is 0 Å². The summed E-state index contributed by atoms with van der Waals surface area (Å²) in [6.07, 6.45) is 0.964. The van der Waals surface area contributed by atoms with Crippen LogP contribution in [0.1, 0.15) is 34.1 Å². The number of thioether (sulfide) groups is 1. The van der Waals surface area contributed by atoms with Gasteiger partial charge in [-0.3, -0.25) is 9.59 Å². The molecule has 0 aliphatic heterocycles. The molecule has 0 saturated carbocycles. The summed E-state index contributed by atoms with van der Waals surface area (Å²) < 4.78 is 4.81. The lowest BCUT2D eigenvalue weighted by Crippen LogP contribution is -2.37. The lowest BCUT2D eigenvalue weighted by Gasteiger charge is -2.15. The van der Waals surface area contributed by atoms with E-state index in [1.54, 1.807) is 6.92 Å². The second kappa shape index (κ2) is 10.1. The van der Waals surface area contributed by atoms with Crippen molar-refractivity contribution >= 4 is 23.6 Å². The van der Waals surface area contributed by atoms with Crippen LogP contribution in [0, 0.1) is 5.92 Å². The SMILES string of the molecule is CCOC(=O)C(N)CSC(C)C(=O)NCCC(C)C. The summed E-state index contributed by atoms with van der Waals surface area (Å²) in [7, 11) is 0. The molecule has 0 bridgehead atoms. The third-order valence-electron chi connectivity index (χ3n) is 2.51. The molecule has 0 spiro atoms. The number of carbonyl (C=O) groups excluding carboxylic acids is 2. The third-order valence-corrected chi connectivity index (χ3v) is 3.77. The maximum absolute atomic E-state index is 11.7. The van der Waals surface area contributed by atoms with Gasteiger partial charge in [-0.05, 0) is 26.2 Å². The maximum Gasteiger partial charge on any atom is 0.323 e. The summed E-state index contributed by atoms with van der Waals surface area (Å²) in [5.74, 6) is 0.530. The van der Waals surface area contributed by atoms with E-state index in [2.05, 4.69) is 19.2 Å². The van der Waals surface area contributed by atoms with Crippen LogP contribution in [-0.2, 0) is 14.3 Å². The summed E-state index contributed by atoms with van der Waals surface area (Å²) >= 11 is 1.37. The molecule has 3 N–H and O–H groups in total. The van der Waals surface area contributed by atoms with Gasteiger partial charge in [-0.15, -0.1) is 11.8 Å². The number of nitrogens with two attached hydrogens (primary N) is 1. The van der Waals surface area contributed by atoms with E-state index in [-0.39, 0.29) is 11.2 Å². The van der Waals surface area contributed by atoms with Gasteiger partial charge in [-0.2, -0.15) is 0 Å². The molecule has 112 valence electrons. The second-order valence-corrected chi connectivity index (χ2v) is 6.18. The number of hydrogen-bond acceptors (Lipinski definition) is 5. The van der Waals surface area contributed by atoms with E-state index >= 15 is 0 Å². The summed E-state index contributed by atoms with van der Waals surface area (Å²) in [5.41, 5.74) is 5.66. The summed E-state index contributed by atoms with van der Waals surface area (Å²) in [5, 5.41) is 2.66. The lowest BCUT2D eigenvalue weighted by molar-refractivity contribution is -0.144. The Morgan fingerprint density at radius 2 is 1.95 bits per heavy atom. The van der Waals surface area contributed by atoms with Gasteiger partial charge in [-0.25, -0.2) is 0 Å². The van der Waals surface area contributed by atoms with E-state index in [1.807, 2.05) is 6.92 Å². The number of hydrogen-bond donors (Lipinski definition) is 2. The molecule has 0 aromatic rings. The van der Waals surface area contributed by atoms with Gasteiger partial charge in [0.2, 0.25) is 5.91 Å². The topological polar surface area (TPSA) is 81.4 Å². The largest absolute Gasteiger partial charge is 0.465 e. The molecule has 2 atom stereocenters. The number of esters is 1. The van der Waals surface area contributed by atoms with Gasteiger partial charge in [-0.1, -0.05) is 13.8 Å². The highest BCUT2D eigenvalue weighted by Crippen LogP contribution is 2.12. The van der Waals surface area contributed by atoms with Crippen molar-refractivity contribution in [2.24, 2.45) is 11.7 Å². The fourth-order valence-corrected chi connectivity index (χ4v) is 2.14. The number of amides is 1. The number of rotatable bonds is 9. The fraction of sp³-hybridized carbons (Fsp3) is 0.846. The molecular formula is C13H26N2O3S. The van der Waals surface area contributed by atoms with Gasteiger partial charge >= 0.3 is 5.97 Å². The molecule has 0 saturated heterocycles. The Morgan fingerprint density at radius 1 is 1.32 bits per heavy atom. The van der Waals surface area contributed by atoms with Gasteiger partial charge in [0, 0.05) is 12.3 Å². The molecule has 0 aromatic carbocycles. The first-order chi connectivity index (χ1) is 8.88. The second-order valence-electron chi connectivity index (χ2n) is 4.81. The molecule has 0 aromatic heterocycles. The summed E-state index contributed by atoms with van der Waals surface area (Å²) in [6.45, 7) is 8.79. The molecule has 2 unspecified atom stereocenters. The molecule has 0 aliphatic carbocycles. The standard InChI is InChI=1S/C13H26N2O3S/c1-5-18-13(17)11(14)8-19-10(4)12(16)15-7-6-9(2)3/h9-11H,5-8,14H2,1-4H3,(H,15,16). The highest BCUT2D eigenvalue weighted by atomic mass is 32.2. The number of nitrogens with one attached hydrogen (secondary N) is 1. The summed E-state index contributed by atoms with van der Waals surface area (Å²) in [6, 6.07) is -0.670. The Kier molecular flexibility index (Phi) is 9.69. The van der Waals surface area contributed by atoms with E-state index in [0.29, 0.717) is 24.8 Å². The minimum Gasteiger partial charge on any atom is -0.465 e. The minimum atomic E-state index is -0.670. The predicted molar refractivity (Wildman–Crippen MR) is 79.0 cm³/mol. The zero-order valence-electron chi connectivity index (χ0n) is 12.3. The first-order valence-electron chi connectivity index (χ1n) is 6.70. The quantitative estimate of drug-likeness (QED) is 0.623. The van der Waals surface area contributed by atoms with Crippen molar-refractivity contribution < 1.29 is 14.3 Å². The van der Waals surface area contributed by atoms with Crippen LogP contribution in [0.5, 0.6) is 0 Å². The molecule has 1 amide bonds. The normalized spacial score (nSPS) is 14.0. The Balaban J connectivity index is 3.86.